The van der Waals surface area contributed by atoms with Gasteiger partial charge in [0.1, 0.15) is 5.75 Å². The Morgan fingerprint density at radius 1 is 1.11 bits per heavy atom. The van der Waals surface area contributed by atoms with Crippen LogP contribution in [0.15, 0.2) is 59.4 Å². The molecule has 0 saturated carbocycles. The monoisotopic (exact) mass is 364 g/mol. The quantitative estimate of drug-likeness (QED) is 0.647. The van der Waals surface area contributed by atoms with E-state index in [0.29, 0.717) is 25.2 Å². The van der Waals surface area contributed by atoms with Gasteiger partial charge in [-0.3, -0.25) is 9.59 Å². The number of benzene rings is 2. The maximum Gasteiger partial charge on any atom is 0.254 e. The van der Waals surface area contributed by atoms with Gasteiger partial charge < -0.3 is 14.6 Å². The smallest absolute Gasteiger partial charge is 0.254 e. The molecule has 0 aliphatic heterocycles. The van der Waals surface area contributed by atoms with Crippen LogP contribution in [-0.4, -0.2) is 17.1 Å². The molecule has 1 N–H and O–H groups in total. The molecule has 0 aliphatic rings. The summed E-state index contributed by atoms with van der Waals surface area (Å²) in [6.07, 6.45) is 1.91. The highest BCUT2D eigenvalue weighted by molar-refractivity contribution is 5.90. The number of fused-ring (bicyclic) bond motifs is 1. The van der Waals surface area contributed by atoms with Crippen LogP contribution in [0.1, 0.15) is 25.3 Å². The molecule has 1 aromatic heterocycles. The number of aromatic nitrogens is 1. The molecule has 0 bridgehead atoms. The number of carbonyl (C=O) groups excluding carboxylic acids is 1. The number of rotatable bonds is 7. The minimum atomic E-state index is -0.114. The average Bonchev–Trinajstić information content (AvgIpc) is 2.69. The molecule has 2 aromatic carbocycles. The SMILES string of the molecule is CCc1ccc(NC(=O)CCCOc2cc(=O)n(C)c3ccccc23)cc1. The molecule has 1 heterocycles. The summed E-state index contributed by atoms with van der Waals surface area (Å²) in [5, 5.41) is 3.78. The standard InChI is InChI=1S/C22H24N2O3/c1-3-16-10-12-17(13-11-16)23-21(25)9-6-14-27-20-15-22(26)24(2)19-8-5-4-7-18(19)20/h4-5,7-8,10-13,15H,3,6,9,14H2,1-2H3,(H,23,25). The van der Waals surface area contributed by atoms with E-state index in [1.54, 1.807) is 11.6 Å². The third-order valence-electron chi connectivity index (χ3n) is 4.57. The van der Waals surface area contributed by atoms with Gasteiger partial charge in [0.2, 0.25) is 5.91 Å². The van der Waals surface area contributed by atoms with Gasteiger partial charge >= 0.3 is 0 Å². The predicted octanol–water partition coefficient (Wildman–Crippen LogP) is 3.90. The molecule has 1 amide bonds. The fourth-order valence-corrected chi connectivity index (χ4v) is 2.96. The molecule has 0 unspecified atom stereocenters. The van der Waals surface area contributed by atoms with Crippen molar-refractivity contribution in [1.29, 1.82) is 0 Å². The van der Waals surface area contributed by atoms with Gasteiger partial charge in [0, 0.05) is 30.6 Å². The normalized spacial score (nSPS) is 10.7. The first-order valence-electron chi connectivity index (χ1n) is 9.19. The zero-order valence-corrected chi connectivity index (χ0v) is 15.7. The van der Waals surface area contributed by atoms with E-state index in [1.165, 1.54) is 11.6 Å². The van der Waals surface area contributed by atoms with Gasteiger partial charge in [0.25, 0.3) is 5.56 Å². The Morgan fingerprint density at radius 2 is 1.85 bits per heavy atom. The van der Waals surface area contributed by atoms with E-state index in [-0.39, 0.29) is 11.5 Å². The summed E-state index contributed by atoms with van der Waals surface area (Å²) in [6.45, 7) is 2.47. The molecule has 27 heavy (non-hydrogen) atoms. The number of hydrogen-bond acceptors (Lipinski definition) is 3. The number of ether oxygens (including phenoxy) is 1. The molecule has 3 aromatic rings. The molecule has 0 aliphatic carbocycles. The van der Waals surface area contributed by atoms with E-state index in [0.717, 1.165) is 23.0 Å². The van der Waals surface area contributed by atoms with Crippen molar-refractivity contribution in [3.8, 4) is 5.75 Å². The van der Waals surface area contributed by atoms with Gasteiger partial charge in [-0.05, 0) is 42.7 Å². The second-order valence-electron chi connectivity index (χ2n) is 6.47. The molecule has 0 atom stereocenters. The van der Waals surface area contributed by atoms with Crippen molar-refractivity contribution in [3.05, 3.63) is 70.5 Å². The summed E-state index contributed by atoms with van der Waals surface area (Å²) < 4.78 is 7.39. The Kier molecular flexibility index (Phi) is 5.91. The van der Waals surface area contributed by atoms with Gasteiger partial charge in [0.05, 0.1) is 12.1 Å². The highest BCUT2D eigenvalue weighted by atomic mass is 16.5. The Hall–Kier alpha value is -3.08. The Labute approximate surface area is 158 Å². The number of para-hydroxylation sites is 1. The van der Waals surface area contributed by atoms with Crippen molar-refractivity contribution in [2.75, 3.05) is 11.9 Å². The first-order chi connectivity index (χ1) is 13.1. The van der Waals surface area contributed by atoms with E-state index in [1.807, 2.05) is 48.5 Å². The number of anilines is 1. The fraction of sp³-hybridized carbons (Fsp3) is 0.273. The maximum absolute atomic E-state index is 12.1. The summed E-state index contributed by atoms with van der Waals surface area (Å²) in [5.41, 5.74) is 2.75. The van der Waals surface area contributed by atoms with E-state index in [9.17, 15) is 9.59 Å². The largest absolute Gasteiger partial charge is 0.493 e. The number of nitrogens with one attached hydrogen (secondary N) is 1. The first kappa shape index (κ1) is 18.7. The number of amides is 1. The van der Waals surface area contributed by atoms with Crippen LogP contribution in [0.2, 0.25) is 0 Å². The van der Waals surface area contributed by atoms with Gasteiger partial charge in [-0.2, -0.15) is 0 Å². The minimum absolute atomic E-state index is 0.0447. The number of nitrogens with zero attached hydrogens (tertiary/aromatic N) is 1. The van der Waals surface area contributed by atoms with Crippen LogP contribution in [0, 0.1) is 0 Å². The molecule has 0 radical (unpaired) electrons. The highest BCUT2D eigenvalue weighted by Gasteiger charge is 2.08. The van der Waals surface area contributed by atoms with Crippen LogP contribution in [0.3, 0.4) is 0 Å². The summed E-state index contributed by atoms with van der Waals surface area (Å²) >= 11 is 0. The molecular formula is C22H24N2O3. The summed E-state index contributed by atoms with van der Waals surface area (Å²) in [7, 11) is 1.74. The summed E-state index contributed by atoms with van der Waals surface area (Å²) in [6, 6.07) is 17.0. The molecule has 140 valence electrons. The zero-order chi connectivity index (χ0) is 19.2. The molecule has 5 nitrogen and oxygen atoms in total. The maximum atomic E-state index is 12.1. The lowest BCUT2D eigenvalue weighted by Crippen LogP contribution is -2.17. The molecule has 3 rings (SSSR count). The highest BCUT2D eigenvalue weighted by Crippen LogP contribution is 2.23. The molecule has 5 heteroatoms. The molecule has 0 saturated heterocycles. The van der Waals surface area contributed by atoms with Gasteiger partial charge in [-0.25, -0.2) is 0 Å². The minimum Gasteiger partial charge on any atom is -0.493 e. The van der Waals surface area contributed by atoms with Crippen LogP contribution in [0.5, 0.6) is 5.75 Å². The average molecular weight is 364 g/mol. The lowest BCUT2D eigenvalue weighted by atomic mass is 10.1. The fourth-order valence-electron chi connectivity index (χ4n) is 2.96. The number of hydrogen-bond donors (Lipinski definition) is 1. The Bertz CT molecular complexity index is 991. The van der Waals surface area contributed by atoms with Crippen LogP contribution >= 0.6 is 0 Å². The Morgan fingerprint density at radius 3 is 2.59 bits per heavy atom. The van der Waals surface area contributed by atoms with Crippen molar-refractivity contribution in [3.63, 3.8) is 0 Å². The van der Waals surface area contributed by atoms with Crippen LogP contribution < -0.4 is 15.6 Å². The number of carbonyl (C=O) groups is 1. The number of aryl methyl sites for hydroxylation is 2. The second-order valence-corrected chi connectivity index (χ2v) is 6.47. The lowest BCUT2D eigenvalue weighted by molar-refractivity contribution is -0.116. The Balaban J connectivity index is 1.54. The predicted molar refractivity (Wildman–Crippen MR) is 108 cm³/mol. The van der Waals surface area contributed by atoms with Crippen molar-refractivity contribution >= 4 is 22.5 Å². The van der Waals surface area contributed by atoms with Crippen molar-refractivity contribution in [2.45, 2.75) is 26.2 Å². The summed E-state index contributed by atoms with van der Waals surface area (Å²) in [5.74, 6) is 0.515. The van der Waals surface area contributed by atoms with Crippen LogP contribution in [-0.2, 0) is 18.3 Å². The van der Waals surface area contributed by atoms with Crippen molar-refractivity contribution in [1.82, 2.24) is 4.57 Å². The zero-order valence-electron chi connectivity index (χ0n) is 15.7. The van der Waals surface area contributed by atoms with E-state index < -0.39 is 0 Å². The van der Waals surface area contributed by atoms with E-state index in [2.05, 4.69) is 12.2 Å². The van der Waals surface area contributed by atoms with E-state index >= 15 is 0 Å². The summed E-state index contributed by atoms with van der Waals surface area (Å²) in [4.78, 5) is 24.1. The lowest BCUT2D eigenvalue weighted by Gasteiger charge is -2.11. The molecule has 0 fully saturated rings. The van der Waals surface area contributed by atoms with Gasteiger partial charge in [-0.1, -0.05) is 31.2 Å². The third-order valence-corrected chi connectivity index (χ3v) is 4.57. The van der Waals surface area contributed by atoms with Crippen molar-refractivity contribution in [2.24, 2.45) is 7.05 Å². The second kappa shape index (κ2) is 8.54. The van der Waals surface area contributed by atoms with E-state index in [4.69, 9.17) is 4.74 Å². The molecule has 0 spiro atoms. The van der Waals surface area contributed by atoms with Crippen LogP contribution in [0.4, 0.5) is 5.69 Å². The van der Waals surface area contributed by atoms with Gasteiger partial charge in [0.15, 0.2) is 0 Å². The van der Waals surface area contributed by atoms with Gasteiger partial charge in [-0.15, -0.1) is 0 Å². The number of pyridine rings is 1. The topological polar surface area (TPSA) is 60.3 Å². The molecular weight excluding hydrogens is 340 g/mol. The first-order valence-corrected chi connectivity index (χ1v) is 9.19. The third kappa shape index (κ3) is 4.56. The van der Waals surface area contributed by atoms with Crippen LogP contribution in [0.25, 0.3) is 10.9 Å². The van der Waals surface area contributed by atoms with Crippen molar-refractivity contribution < 1.29 is 9.53 Å².